The summed E-state index contributed by atoms with van der Waals surface area (Å²) in [5.41, 5.74) is 0.270. The van der Waals surface area contributed by atoms with Crippen molar-refractivity contribution in [2.75, 3.05) is 6.61 Å². The fraction of sp³-hybridized carbons (Fsp3) is 0.588. The van der Waals surface area contributed by atoms with E-state index in [1.165, 1.54) is 31.4 Å². The number of benzene rings is 1. The molecule has 0 N–H and O–H groups in total. The third kappa shape index (κ3) is 3.43. The second-order valence-electron chi connectivity index (χ2n) is 6.16. The first-order valence-corrected chi connectivity index (χ1v) is 7.76. The molecule has 2 aliphatic rings. The summed E-state index contributed by atoms with van der Waals surface area (Å²) in [6.45, 7) is 0.695. The van der Waals surface area contributed by atoms with Gasteiger partial charge >= 0.3 is 0 Å². The lowest BCUT2D eigenvalue weighted by atomic mass is 9.79. The highest BCUT2D eigenvalue weighted by atomic mass is 19.1. The highest BCUT2D eigenvalue weighted by Gasteiger charge is 2.39. The van der Waals surface area contributed by atoms with Gasteiger partial charge in [0.05, 0.1) is 12.2 Å². The Morgan fingerprint density at radius 2 is 2.05 bits per heavy atom. The minimum absolute atomic E-state index is 0.0397. The summed E-state index contributed by atoms with van der Waals surface area (Å²) in [5.74, 6) is 0.00370. The van der Waals surface area contributed by atoms with Gasteiger partial charge in [-0.1, -0.05) is 19.3 Å². The maximum Gasteiger partial charge on any atom is 0.150 e. The summed E-state index contributed by atoms with van der Waals surface area (Å²) in [6.07, 6.45) is 8.24. The van der Waals surface area contributed by atoms with Gasteiger partial charge in [-0.15, -0.1) is 0 Å². The molecular weight excluding hydrogens is 271 g/mol. The highest BCUT2D eigenvalue weighted by Crippen LogP contribution is 2.39. The van der Waals surface area contributed by atoms with Gasteiger partial charge < -0.3 is 9.47 Å². The van der Waals surface area contributed by atoms with E-state index in [2.05, 4.69) is 0 Å². The predicted octanol–water partition coefficient (Wildman–Crippen LogP) is 3.90. The van der Waals surface area contributed by atoms with E-state index in [-0.39, 0.29) is 11.7 Å². The Kier molecular flexibility index (Phi) is 4.24. The number of carbonyl (C=O) groups excluding carboxylic acids is 1. The number of carbonyl (C=O) groups is 1. The zero-order chi connectivity index (χ0) is 14.7. The van der Waals surface area contributed by atoms with Crippen LogP contribution in [0.5, 0.6) is 5.75 Å². The number of ether oxygens (including phenoxy) is 2. The van der Waals surface area contributed by atoms with E-state index in [0.29, 0.717) is 24.2 Å². The van der Waals surface area contributed by atoms with Gasteiger partial charge in [-0.2, -0.15) is 0 Å². The van der Waals surface area contributed by atoms with Crippen LogP contribution in [-0.2, 0) is 4.74 Å². The smallest absolute Gasteiger partial charge is 0.150 e. The molecule has 0 amide bonds. The predicted molar refractivity (Wildman–Crippen MR) is 77.2 cm³/mol. The topological polar surface area (TPSA) is 35.5 Å². The first-order valence-electron chi connectivity index (χ1n) is 7.76. The van der Waals surface area contributed by atoms with Gasteiger partial charge in [0, 0.05) is 24.5 Å². The fourth-order valence-corrected chi connectivity index (χ4v) is 3.54. The summed E-state index contributed by atoms with van der Waals surface area (Å²) < 4.78 is 25.4. The SMILES string of the molecule is O=Cc1cc(F)cc(OC2CCOC3(CCCCC3)C2)c1. The van der Waals surface area contributed by atoms with Gasteiger partial charge in [0.15, 0.2) is 0 Å². The van der Waals surface area contributed by atoms with E-state index in [1.54, 1.807) is 6.07 Å². The molecule has 1 spiro atoms. The molecule has 4 heteroatoms. The zero-order valence-corrected chi connectivity index (χ0v) is 12.1. The molecular formula is C17H21FO3. The van der Waals surface area contributed by atoms with Crippen molar-refractivity contribution >= 4 is 6.29 Å². The summed E-state index contributed by atoms with van der Waals surface area (Å²) in [5, 5.41) is 0. The minimum Gasteiger partial charge on any atom is -0.490 e. The monoisotopic (exact) mass is 292 g/mol. The second-order valence-corrected chi connectivity index (χ2v) is 6.16. The molecule has 1 aromatic carbocycles. The minimum atomic E-state index is -0.436. The molecule has 1 atom stereocenters. The average Bonchev–Trinajstić information content (AvgIpc) is 2.47. The number of hydrogen-bond acceptors (Lipinski definition) is 3. The van der Waals surface area contributed by atoms with Crippen LogP contribution >= 0.6 is 0 Å². The van der Waals surface area contributed by atoms with Crippen molar-refractivity contribution in [1.29, 1.82) is 0 Å². The van der Waals surface area contributed by atoms with Crippen LogP contribution in [0.25, 0.3) is 0 Å². The molecule has 0 bridgehead atoms. The molecule has 1 aliphatic carbocycles. The standard InChI is InChI=1S/C17H21FO3/c18-14-8-13(12-19)9-16(10-14)21-15-4-7-20-17(11-15)5-2-1-3-6-17/h8-10,12,15H,1-7,11H2. The van der Waals surface area contributed by atoms with E-state index in [0.717, 1.165) is 25.7 Å². The normalized spacial score (nSPS) is 24.7. The second kappa shape index (κ2) is 6.14. The summed E-state index contributed by atoms with van der Waals surface area (Å²) in [7, 11) is 0. The van der Waals surface area contributed by atoms with Crippen LogP contribution in [0.3, 0.4) is 0 Å². The van der Waals surface area contributed by atoms with Gasteiger partial charge in [0.1, 0.15) is 24.0 Å². The van der Waals surface area contributed by atoms with Crippen molar-refractivity contribution in [3.8, 4) is 5.75 Å². The van der Waals surface area contributed by atoms with Crippen molar-refractivity contribution in [1.82, 2.24) is 0 Å². The Balaban J connectivity index is 1.69. The molecule has 114 valence electrons. The lowest BCUT2D eigenvalue weighted by molar-refractivity contribution is -0.129. The Morgan fingerprint density at radius 3 is 2.81 bits per heavy atom. The molecule has 1 heterocycles. The number of hydrogen-bond donors (Lipinski definition) is 0. The third-order valence-corrected chi connectivity index (χ3v) is 4.54. The Morgan fingerprint density at radius 1 is 1.24 bits per heavy atom. The summed E-state index contributed by atoms with van der Waals surface area (Å²) in [4.78, 5) is 10.8. The van der Waals surface area contributed by atoms with Gasteiger partial charge in [0.2, 0.25) is 0 Å². The van der Waals surface area contributed by atoms with Crippen LogP contribution in [0.2, 0.25) is 0 Å². The lowest BCUT2D eigenvalue weighted by Crippen LogP contribution is -2.45. The van der Waals surface area contributed by atoms with Crippen molar-refractivity contribution in [3.63, 3.8) is 0 Å². The molecule has 2 fully saturated rings. The van der Waals surface area contributed by atoms with E-state index in [4.69, 9.17) is 9.47 Å². The third-order valence-electron chi connectivity index (χ3n) is 4.54. The van der Waals surface area contributed by atoms with Crippen molar-refractivity contribution < 1.29 is 18.7 Å². The Hall–Kier alpha value is -1.42. The van der Waals surface area contributed by atoms with E-state index in [9.17, 15) is 9.18 Å². The van der Waals surface area contributed by atoms with Crippen LogP contribution in [0, 0.1) is 5.82 Å². The van der Waals surface area contributed by atoms with Gasteiger partial charge in [-0.3, -0.25) is 4.79 Å². The van der Waals surface area contributed by atoms with Gasteiger partial charge in [-0.05, 0) is 25.0 Å². The highest BCUT2D eigenvalue weighted by molar-refractivity contribution is 5.75. The van der Waals surface area contributed by atoms with Crippen molar-refractivity contribution in [2.45, 2.75) is 56.7 Å². The largest absolute Gasteiger partial charge is 0.490 e. The zero-order valence-electron chi connectivity index (χ0n) is 12.1. The molecule has 1 saturated heterocycles. The first kappa shape index (κ1) is 14.5. The van der Waals surface area contributed by atoms with E-state index < -0.39 is 5.82 Å². The maximum atomic E-state index is 13.5. The van der Waals surface area contributed by atoms with E-state index in [1.807, 2.05) is 0 Å². The average molecular weight is 292 g/mol. The molecule has 0 radical (unpaired) electrons. The molecule has 1 unspecified atom stereocenters. The van der Waals surface area contributed by atoms with Crippen molar-refractivity contribution in [2.24, 2.45) is 0 Å². The lowest BCUT2D eigenvalue weighted by Gasteiger charge is -2.43. The molecule has 1 aliphatic heterocycles. The molecule has 1 saturated carbocycles. The summed E-state index contributed by atoms with van der Waals surface area (Å²) >= 11 is 0. The van der Waals surface area contributed by atoms with Gasteiger partial charge in [-0.25, -0.2) is 4.39 Å². The quantitative estimate of drug-likeness (QED) is 0.793. The Labute approximate surface area is 124 Å². The van der Waals surface area contributed by atoms with Crippen LogP contribution in [0.1, 0.15) is 55.3 Å². The van der Waals surface area contributed by atoms with Crippen molar-refractivity contribution in [3.05, 3.63) is 29.6 Å². The van der Waals surface area contributed by atoms with Crippen LogP contribution < -0.4 is 4.74 Å². The van der Waals surface area contributed by atoms with E-state index >= 15 is 0 Å². The number of aldehydes is 1. The maximum absolute atomic E-state index is 13.5. The molecule has 21 heavy (non-hydrogen) atoms. The molecule has 0 aromatic heterocycles. The van der Waals surface area contributed by atoms with Crippen LogP contribution in [-0.4, -0.2) is 24.6 Å². The molecule has 1 aromatic rings. The summed E-state index contributed by atoms with van der Waals surface area (Å²) in [6, 6.07) is 4.15. The molecule has 3 rings (SSSR count). The van der Waals surface area contributed by atoms with Crippen LogP contribution in [0.4, 0.5) is 4.39 Å². The fourth-order valence-electron chi connectivity index (χ4n) is 3.54. The van der Waals surface area contributed by atoms with Gasteiger partial charge in [0.25, 0.3) is 0 Å². The first-order chi connectivity index (χ1) is 10.2. The molecule has 3 nitrogen and oxygen atoms in total. The van der Waals surface area contributed by atoms with Crippen LogP contribution in [0.15, 0.2) is 18.2 Å². The number of rotatable bonds is 3. The Bertz CT molecular complexity index is 503. The number of halogens is 1.